The minimum absolute atomic E-state index is 0.0887. The molecule has 0 spiro atoms. The fraction of sp³-hybridized carbons (Fsp3) is 0.467. The Hall–Kier alpha value is -1.68. The lowest BCUT2D eigenvalue weighted by molar-refractivity contribution is 0.0981. The van der Waals surface area contributed by atoms with E-state index in [9.17, 15) is 5.11 Å². The van der Waals surface area contributed by atoms with E-state index in [1.807, 2.05) is 29.8 Å². The molecule has 0 fully saturated rings. The summed E-state index contributed by atoms with van der Waals surface area (Å²) < 4.78 is 1.88. The van der Waals surface area contributed by atoms with Gasteiger partial charge in [0.15, 0.2) is 5.82 Å². The minimum Gasteiger partial charge on any atom is -0.388 e. The Bertz CT molecular complexity index is 601. The van der Waals surface area contributed by atoms with E-state index in [1.54, 1.807) is 6.20 Å². The molecule has 1 aliphatic carbocycles. The van der Waals surface area contributed by atoms with Crippen molar-refractivity contribution in [2.24, 2.45) is 5.41 Å². The molecule has 0 aliphatic heterocycles. The van der Waals surface area contributed by atoms with Crippen molar-refractivity contribution in [3.05, 3.63) is 41.3 Å². The van der Waals surface area contributed by atoms with Gasteiger partial charge in [0.2, 0.25) is 0 Å². The molecule has 0 saturated heterocycles. The Morgan fingerprint density at radius 1 is 1.37 bits per heavy atom. The average Bonchev–Trinajstić information content (AvgIpc) is 2.66. The SMILES string of the molecule is Cc1nn(-c2ccccn2)c2c1C(O)CC(C)(C)C2. The maximum atomic E-state index is 10.4. The molecule has 3 rings (SSSR count). The van der Waals surface area contributed by atoms with Gasteiger partial charge in [0, 0.05) is 11.8 Å². The molecule has 100 valence electrons. The molecule has 0 amide bonds. The fourth-order valence-corrected chi connectivity index (χ4v) is 3.01. The van der Waals surface area contributed by atoms with Gasteiger partial charge in [0.05, 0.1) is 17.5 Å². The fourth-order valence-electron chi connectivity index (χ4n) is 3.01. The lowest BCUT2D eigenvalue weighted by Crippen LogP contribution is -2.27. The zero-order valence-corrected chi connectivity index (χ0v) is 11.6. The summed E-state index contributed by atoms with van der Waals surface area (Å²) in [5, 5.41) is 14.9. The normalized spacial score (nSPS) is 21.2. The first kappa shape index (κ1) is 12.4. The third kappa shape index (κ3) is 2.06. The topological polar surface area (TPSA) is 50.9 Å². The van der Waals surface area contributed by atoms with Crippen LogP contribution >= 0.6 is 0 Å². The van der Waals surface area contributed by atoms with Crippen LogP contribution in [-0.2, 0) is 6.42 Å². The molecule has 0 radical (unpaired) electrons. The van der Waals surface area contributed by atoms with Crippen LogP contribution in [0.3, 0.4) is 0 Å². The van der Waals surface area contributed by atoms with Crippen LogP contribution in [0.2, 0.25) is 0 Å². The van der Waals surface area contributed by atoms with Crippen molar-refractivity contribution in [1.82, 2.24) is 14.8 Å². The standard InChI is InChI=1S/C15H19N3O/c1-10-14-11(8-15(2,3)9-12(14)19)18(17-10)13-6-4-5-7-16-13/h4-7,12,19H,8-9H2,1-3H3. The lowest BCUT2D eigenvalue weighted by atomic mass is 9.75. The summed E-state index contributed by atoms with van der Waals surface area (Å²) >= 11 is 0. The first-order chi connectivity index (χ1) is 8.98. The Morgan fingerprint density at radius 2 is 2.16 bits per heavy atom. The maximum Gasteiger partial charge on any atom is 0.153 e. The van der Waals surface area contributed by atoms with Crippen LogP contribution in [0.4, 0.5) is 0 Å². The third-order valence-corrected chi connectivity index (χ3v) is 3.80. The van der Waals surface area contributed by atoms with Crippen molar-refractivity contribution in [2.45, 2.75) is 39.7 Å². The van der Waals surface area contributed by atoms with E-state index in [1.165, 1.54) is 0 Å². The zero-order valence-electron chi connectivity index (χ0n) is 11.6. The highest BCUT2D eigenvalue weighted by Crippen LogP contribution is 2.42. The predicted molar refractivity (Wildman–Crippen MR) is 73.2 cm³/mol. The summed E-state index contributed by atoms with van der Waals surface area (Å²) in [6.45, 7) is 6.33. The van der Waals surface area contributed by atoms with Gasteiger partial charge in [-0.2, -0.15) is 5.10 Å². The van der Waals surface area contributed by atoms with Crippen LogP contribution in [0.1, 0.15) is 43.3 Å². The van der Waals surface area contributed by atoms with Crippen LogP contribution < -0.4 is 0 Å². The van der Waals surface area contributed by atoms with Crippen molar-refractivity contribution in [1.29, 1.82) is 0 Å². The van der Waals surface area contributed by atoms with Gasteiger partial charge < -0.3 is 5.11 Å². The van der Waals surface area contributed by atoms with E-state index in [4.69, 9.17) is 0 Å². The van der Waals surface area contributed by atoms with Crippen molar-refractivity contribution in [3.63, 3.8) is 0 Å². The maximum absolute atomic E-state index is 10.4. The van der Waals surface area contributed by atoms with Crippen molar-refractivity contribution >= 4 is 0 Å². The van der Waals surface area contributed by atoms with E-state index < -0.39 is 6.10 Å². The molecule has 1 N–H and O–H groups in total. The largest absolute Gasteiger partial charge is 0.388 e. The molecule has 1 atom stereocenters. The Balaban J connectivity index is 2.17. The van der Waals surface area contributed by atoms with E-state index >= 15 is 0 Å². The monoisotopic (exact) mass is 257 g/mol. The lowest BCUT2D eigenvalue weighted by Gasteiger charge is -2.33. The summed E-state index contributed by atoms with van der Waals surface area (Å²) in [4.78, 5) is 4.36. The molecule has 2 aromatic heterocycles. The second-order valence-corrected chi connectivity index (χ2v) is 6.11. The van der Waals surface area contributed by atoms with Gasteiger partial charge in [0.1, 0.15) is 0 Å². The molecule has 0 bridgehead atoms. The van der Waals surface area contributed by atoms with Gasteiger partial charge in [0.25, 0.3) is 0 Å². The number of nitrogens with zero attached hydrogens (tertiary/aromatic N) is 3. The summed E-state index contributed by atoms with van der Waals surface area (Å²) in [7, 11) is 0. The van der Waals surface area contributed by atoms with E-state index in [0.717, 1.165) is 35.6 Å². The summed E-state index contributed by atoms with van der Waals surface area (Å²) in [5.41, 5.74) is 3.08. The number of aliphatic hydroxyl groups is 1. The third-order valence-electron chi connectivity index (χ3n) is 3.80. The highest BCUT2D eigenvalue weighted by molar-refractivity contribution is 5.37. The molecule has 1 aliphatic rings. The number of hydrogen-bond donors (Lipinski definition) is 1. The number of hydrogen-bond acceptors (Lipinski definition) is 3. The minimum atomic E-state index is -0.420. The van der Waals surface area contributed by atoms with Crippen LogP contribution in [-0.4, -0.2) is 19.9 Å². The second kappa shape index (κ2) is 4.17. The zero-order chi connectivity index (χ0) is 13.6. The molecule has 19 heavy (non-hydrogen) atoms. The quantitative estimate of drug-likeness (QED) is 0.854. The highest BCUT2D eigenvalue weighted by Gasteiger charge is 2.35. The van der Waals surface area contributed by atoms with Gasteiger partial charge in [-0.25, -0.2) is 9.67 Å². The number of aliphatic hydroxyl groups excluding tert-OH is 1. The molecular weight excluding hydrogens is 238 g/mol. The number of fused-ring (bicyclic) bond motifs is 1. The summed E-state index contributed by atoms with van der Waals surface area (Å²) in [5.74, 6) is 0.816. The van der Waals surface area contributed by atoms with E-state index in [2.05, 4.69) is 23.9 Å². The van der Waals surface area contributed by atoms with Crippen LogP contribution in [0.25, 0.3) is 5.82 Å². The van der Waals surface area contributed by atoms with Gasteiger partial charge in [-0.15, -0.1) is 0 Å². The van der Waals surface area contributed by atoms with Crippen molar-refractivity contribution in [3.8, 4) is 5.82 Å². The second-order valence-electron chi connectivity index (χ2n) is 6.11. The molecule has 2 heterocycles. The van der Waals surface area contributed by atoms with Crippen LogP contribution in [0.15, 0.2) is 24.4 Å². The molecule has 0 aromatic carbocycles. The number of rotatable bonds is 1. The first-order valence-corrected chi connectivity index (χ1v) is 6.66. The van der Waals surface area contributed by atoms with Gasteiger partial charge >= 0.3 is 0 Å². The molecular formula is C15H19N3O. The molecule has 4 heteroatoms. The van der Waals surface area contributed by atoms with E-state index in [0.29, 0.717) is 0 Å². The van der Waals surface area contributed by atoms with Gasteiger partial charge in [-0.3, -0.25) is 0 Å². The first-order valence-electron chi connectivity index (χ1n) is 6.66. The van der Waals surface area contributed by atoms with Gasteiger partial charge in [-0.1, -0.05) is 19.9 Å². The smallest absolute Gasteiger partial charge is 0.153 e. The van der Waals surface area contributed by atoms with E-state index in [-0.39, 0.29) is 5.41 Å². The highest BCUT2D eigenvalue weighted by atomic mass is 16.3. The van der Waals surface area contributed by atoms with Gasteiger partial charge in [-0.05, 0) is 37.3 Å². The number of pyridine rings is 1. The molecule has 4 nitrogen and oxygen atoms in total. The van der Waals surface area contributed by atoms with Crippen molar-refractivity contribution < 1.29 is 5.11 Å². The molecule has 0 saturated carbocycles. The van der Waals surface area contributed by atoms with Crippen LogP contribution in [0, 0.1) is 12.3 Å². The van der Waals surface area contributed by atoms with Crippen LogP contribution in [0.5, 0.6) is 0 Å². The predicted octanol–water partition coefficient (Wildman–Crippen LogP) is 2.58. The summed E-state index contributed by atoms with van der Waals surface area (Å²) in [6, 6.07) is 5.79. The Kier molecular flexibility index (Phi) is 2.71. The van der Waals surface area contributed by atoms with Crippen molar-refractivity contribution in [2.75, 3.05) is 0 Å². The summed E-state index contributed by atoms with van der Waals surface area (Å²) in [6.07, 6.45) is 3.05. The Morgan fingerprint density at radius 3 is 2.84 bits per heavy atom. The average molecular weight is 257 g/mol. The number of aromatic nitrogens is 3. The molecule has 2 aromatic rings. The molecule has 1 unspecified atom stereocenters. The Labute approximate surface area is 113 Å². The number of aryl methyl sites for hydroxylation is 1.